The zero-order valence-corrected chi connectivity index (χ0v) is 19.6. The van der Waals surface area contributed by atoms with Crippen LogP contribution in [-0.2, 0) is 9.53 Å². The van der Waals surface area contributed by atoms with Gasteiger partial charge in [0.05, 0.1) is 24.6 Å². The lowest BCUT2D eigenvalue weighted by molar-refractivity contribution is -0.133. The Balaban J connectivity index is 1.69. The van der Waals surface area contributed by atoms with Gasteiger partial charge in [0.25, 0.3) is 5.91 Å². The standard InChI is InChI=1S/C26H27N5O3/c1-5-21-7-6-8-22(16-21)30(17-24(32)29-11-13-34-14-12-29)26(33)25-20(4)27-31(28-25)23-10-9-18(2)15-19(23)3/h1,6-10,15-16H,11-14,17H2,2-4H3. The molecule has 0 radical (unpaired) electrons. The summed E-state index contributed by atoms with van der Waals surface area (Å²) in [5.41, 5.74) is 4.71. The molecule has 0 N–H and O–H groups in total. The Morgan fingerprint density at radius 3 is 2.56 bits per heavy atom. The molecule has 1 aliphatic rings. The first-order valence-electron chi connectivity index (χ1n) is 11.1. The van der Waals surface area contributed by atoms with E-state index in [0.29, 0.717) is 43.2 Å². The molecule has 0 bridgehead atoms. The predicted octanol–water partition coefficient (Wildman–Crippen LogP) is 2.68. The largest absolute Gasteiger partial charge is 0.378 e. The average Bonchev–Trinajstić information content (AvgIpc) is 3.23. The molecule has 1 saturated heterocycles. The summed E-state index contributed by atoms with van der Waals surface area (Å²) in [6.07, 6.45) is 5.57. The number of morpholine rings is 1. The maximum absolute atomic E-state index is 13.7. The number of carbonyl (C=O) groups is 2. The number of anilines is 1. The molecule has 2 aromatic carbocycles. The highest BCUT2D eigenvalue weighted by molar-refractivity contribution is 6.08. The smallest absolute Gasteiger partial charge is 0.281 e. The van der Waals surface area contributed by atoms with Crippen molar-refractivity contribution >= 4 is 17.5 Å². The SMILES string of the molecule is C#Cc1cccc(N(CC(=O)N2CCOCC2)C(=O)c2nn(-c3ccc(C)cc3C)nc2C)c1. The van der Waals surface area contributed by atoms with Crippen molar-refractivity contribution in [2.75, 3.05) is 37.7 Å². The summed E-state index contributed by atoms with van der Waals surface area (Å²) in [6, 6.07) is 13.0. The third-order valence-corrected chi connectivity index (χ3v) is 5.78. The van der Waals surface area contributed by atoms with Crippen LogP contribution in [0.3, 0.4) is 0 Å². The van der Waals surface area contributed by atoms with Crippen LogP contribution in [0.25, 0.3) is 5.69 Å². The van der Waals surface area contributed by atoms with E-state index >= 15 is 0 Å². The molecule has 8 heteroatoms. The Kier molecular flexibility index (Phi) is 6.75. The average molecular weight is 458 g/mol. The Labute approximate surface area is 199 Å². The molecule has 0 spiro atoms. The minimum atomic E-state index is -0.413. The second kappa shape index (κ2) is 9.89. The van der Waals surface area contributed by atoms with Crippen molar-refractivity contribution in [3.05, 3.63) is 70.5 Å². The maximum atomic E-state index is 13.7. The first-order chi connectivity index (χ1) is 16.4. The van der Waals surface area contributed by atoms with Crippen molar-refractivity contribution in [2.45, 2.75) is 20.8 Å². The predicted molar refractivity (Wildman–Crippen MR) is 129 cm³/mol. The number of aromatic nitrogens is 3. The van der Waals surface area contributed by atoms with E-state index in [1.807, 2.05) is 32.0 Å². The number of hydrogen-bond donors (Lipinski definition) is 0. The van der Waals surface area contributed by atoms with Crippen molar-refractivity contribution in [3.63, 3.8) is 0 Å². The Morgan fingerprint density at radius 1 is 1.09 bits per heavy atom. The summed E-state index contributed by atoms with van der Waals surface area (Å²) in [5.74, 6) is 2.01. The van der Waals surface area contributed by atoms with Crippen LogP contribution in [0, 0.1) is 33.1 Å². The molecule has 0 unspecified atom stereocenters. The van der Waals surface area contributed by atoms with Gasteiger partial charge in [0.15, 0.2) is 5.69 Å². The molecule has 2 amide bonds. The fourth-order valence-electron chi connectivity index (χ4n) is 3.93. The number of amides is 2. The first-order valence-corrected chi connectivity index (χ1v) is 11.1. The molecular formula is C26H27N5O3. The monoisotopic (exact) mass is 457 g/mol. The van der Waals surface area contributed by atoms with Crippen LogP contribution < -0.4 is 4.90 Å². The number of rotatable bonds is 5. The maximum Gasteiger partial charge on any atom is 0.281 e. The molecule has 1 aromatic heterocycles. The summed E-state index contributed by atoms with van der Waals surface area (Å²) in [7, 11) is 0. The minimum Gasteiger partial charge on any atom is -0.378 e. The normalized spacial score (nSPS) is 13.4. The molecule has 34 heavy (non-hydrogen) atoms. The van der Waals surface area contributed by atoms with E-state index in [1.54, 1.807) is 36.1 Å². The van der Waals surface area contributed by atoms with Crippen LogP contribution in [0.15, 0.2) is 42.5 Å². The molecule has 1 fully saturated rings. The second-order valence-corrected chi connectivity index (χ2v) is 8.29. The lowest BCUT2D eigenvalue weighted by Gasteiger charge is -2.30. The van der Waals surface area contributed by atoms with E-state index in [-0.39, 0.29) is 18.1 Å². The number of carbonyl (C=O) groups excluding carboxylic acids is 2. The number of nitrogens with zero attached hydrogens (tertiary/aromatic N) is 5. The highest BCUT2D eigenvalue weighted by atomic mass is 16.5. The fraction of sp³-hybridized carbons (Fsp3) is 0.308. The Bertz CT molecular complexity index is 1270. The molecule has 4 rings (SSSR count). The van der Waals surface area contributed by atoms with Gasteiger partial charge in [-0.05, 0) is 50.6 Å². The van der Waals surface area contributed by atoms with Gasteiger partial charge >= 0.3 is 0 Å². The van der Waals surface area contributed by atoms with Crippen molar-refractivity contribution in [1.29, 1.82) is 0 Å². The minimum absolute atomic E-state index is 0.136. The van der Waals surface area contributed by atoms with Crippen LogP contribution in [0.2, 0.25) is 0 Å². The lowest BCUT2D eigenvalue weighted by atomic mass is 10.1. The van der Waals surface area contributed by atoms with Gasteiger partial charge in [-0.1, -0.05) is 29.7 Å². The zero-order valence-electron chi connectivity index (χ0n) is 19.6. The molecule has 0 aliphatic carbocycles. The summed E-state index contributed by atoms with van der Waals surface area (Å²) >= 11 is 0. The molecule has 0 saturated carbocycles. The quantitative estimate of drug-likeness (QED) is 0.551. The van der Waals surface area contributed by atoms with Gasteiger partial charge in [-0.25, -0.2) is 0 Å². The van der Waals surface area contributed by atoms with Crippen LogP contribution >= 0.6 is 0 Å². The molecule has 174 valence electrons. The lowest BCUT2D eigenvalue weighted by Crippen LogP contribution is -2.47. The number of terminal acetylenes is 1. The van der Waals surface area contributed by atoms with Crippen molar-refractivity contribution < 1.29 is 14.3 Å². The Hall–Kier alpha value is -3.96. The molecular weight excluding hydrogens is 430 g/mol. The van der Waals surface area contributed by atoms with Crippen LogP contribution in [0.5, 0.6) is 0 Å². The van der Waals surface area contributed by atoms with E-state index in [2.05, 4.69) is 16.1 Å². The van der Waals surface area contributed by atoms with Crippen LogP contribution in [0.1, 0.15) is 32.9 Å². The summed E-state index contributed by atoms with van der Waals surface area (Å²) in [4.78, 5) is 31.4. The first kappa shape index (κ1) is 23.2. The van der Waals surface area contributed by atoms with E-state index in [1.165, 1.54) is 9.70 Å². The van der Waals surface area contributed by atoms with Gasteiger partial charge in [-0.2, -0.15) is 9.90 Å². The van der Waals surface area contributed by atoms with Crippen molar-refractivity contribution in [1.82, 2.24) is 19.9 Å². The van der Waals surface area contributed by atoms with Gasteiger partial charge in [0.2, 0.25) is 5.91 Å². The van der Waals surface area contributed by atoms with Crippen LogP contribution in [0.4, 0.5) is 5.69 Å². The highest BCUT2D eigenvalue weighted by Crippen LogP contribution is 2.21. The number of benzene rings is 2. The van der Waals surface area contributed by atoms with Crippen molar-refractivity contribution in [3.8, 4) is 18.0 Å². The fourth-order valence-corrected chi connectivity index (χ4v) is 3.93. The van der Waals surface area contributed by atoms with Gasteiger partial charge in [-0.3, -0.25) is 14.5 Å². The second-order valence-electron chi connectivity index (χ2n) is 8.29. The molecule has 3 aromatic rings. The summed E-state index contributed by atoms with van der Waals surface area (Å²) < 4.78 is 5.35. The van der Waals surface area contributed by atoms with Crippen molar-refractivity contribution in [2.24, 2.45) is 0 Å². The third kappa shape index (κ3) is 4.85. The Morgan fingerprint density at radius 2 is 1.85 bits per heavy atom. The molecule has 1 aliphatic heterocycles. The summed E-state index contributed by atoms with van der Waals surface area (Å²) in [5, 5.41) is 8.99. The molecule has 8 nitrogen and oxygen atoms in total. The van der Waals surface area contributed by atoms with E-state index in [4.69, 9.17) is 11.2 Å². The topological polar surface area (TPSA) is 80.6 Å². The number of aryl methyl sites for hydroxylation is 3. The summed E-state index contributed by atoms with van der Waals surface area (Å²) in [6.45, 7) is 7.54. The zero-order chi connectivity index (χ0) is 24.2. The van der Waals surface area contributed by atoms with Gasteiger partial charge in [0.1, 0.15) is 6.54 Å². The highest BCUT2D eigenvalue weighted by Gasteiger charge is 2.28. The van der Waals surface area contributed by atoms with Gasteiger partial charge < -0.3 is 9.64 Å². The number of ether oxygens (including phenoxy) is 1. The van der Waals surface area contributed by atoms with E-state index in [9.17, 15) is 9.59 Å². The van der Waals surface area contributed by atoms with Gasteiger partial charge in [-0.15, -0.1) is 11.5 Å². The van der Waals surface area contributed by atoms with E-state index in [0.717, 1.165) is 16.8 Å². The van der Waals surface area contributed by atoms with E-state index < -0.39 is 5.91 Å². The molecule has 2 heterocycles. The van der Waals surface area contributed by atoms with Gasteiger partial charge in [0, 0.05) is 24.3 Å². The molecule has 0 atom stereocenters. The third-order valence-electron chi connectivity index (χ3n) is 5.78. The van der Waals surface area contributed by atoms with Crippen LogP contribution in [-0.4, -0.2) is 64.6 Å². The number of hydrogen-bond acceptors (Lipinski definition) is 5.